The van der Waals surface area contributed by atoms with Crippen molar-refractivity contribution in [2.75, 3.05) is 27.1 Å². The fourth-order valence-electron chi connectivity index (χ4n) is 3.87. The minimum atomic E-state index is -1.17. The van der Waals surface area contributed by atoms with Gasteiger partial charge in [-0.05, 0) is 46.8 Å². The van der Waals surface area contributed by atoms with Crippen molar-refractivity contribution in [2.45, 2.75) is 6.54 Å². The first-order valence-electron chi connectivity index (χ1n) is 10.9. The lowest BCUT2D eigenvalue weighted by atomic mass is 9.96. The highest BCUT2D eigenvalue weighted by molar-refractivity contribution is 9.10. The van der Waals surface area contributed by atoms with Gasteiger partial charge < -0.3 is 19.3 Å². The molecule has 0 saturated carbocycles. The van der Waals surface area contributed by atoms with Gasteiger partial charge in [0.25, 0.3) is 5.56 Å². The van der Waals surface area contributed by atoms with Gasteiger partial charge in [-0.3, -0.25) is 9.36 Å². The van der Waals surface area contributed by atoms with Crippen LogP contribution < -0.4 is 10.3 Å². The Morgan fingerprint density at radius 1 is 0.971 bits per heavy atom. The maximum atomic E-state index is 13.5. The number of aromatic carboxylic acids is 1. The molecule has 1 heterocycles. The van der Waals surface area contributed by atoms with E-state index in [1.165, 1.54) is 4.57 Å². The van der Waals surface area contributed by atoms with E-state index in [1.54, 1.807) is 49.6 Å². The van der Waals surface area contributed by atoms with Gasteiger partial charge >= 0.3 is 5.97 Å². The number of rotatable bonds is 10. The number of benzene rings is 3. The quantitative estimate of drug-likeness (QED) is 0.221. The van der Waals surface area contributed by atoms with Crippen molar-refractivity contribution in [1.82, 2.24) is 4.57 Å². The standard InChI is InChI=1S/C27H24BrNO6/c1-33-13-14-34-17-35-21-10-7-18(8-11-21)16-29-25(27(31)32)24(19-5-3-2-4-6-19)23-15-20(28)9-12-22(23)26(29)30/h2-12,15H,13-14,16-17H2,1H3,(H,31,32). The summed E-state index contributed by atoms with van der Waals surface area (Å²) in [4.78, 5) is 26.0. The molecule has 0 unspecified atom stereocenters. The number of pyridine rings is 1. The first-order chi connectivity index (χ1) is 17.0. The molecule has 0 aliphatic rings. The molecule has 4 rings (SSSR count). The monoisotopic (exact) mass is 537 g/mol. The van der Waals surface area contributed by atoms with Crippen molar-refractivity contribution in [2.24, 2.45) is 0 Å². The highest BCUT2D eigenvalue weighted by Crippen LogP contribution is 2.33. The number of nitrogens with zero attached hydrogens (tertiary/aromatic N) is 1. The molecule has 0 fully saturated rings. The maximum Gasteiger partial charge on any atom is 0.353 e. The topological polar surface area (TPSA) is 87.0 Å². The summed E-state index contributed by atoms with van der Waals surface area (Å²) in [5.74, 6) is -0.568. The van der Waals surface area contributed by atoms with Crippen LogP contribution in [0.25, 0.3) is 21.9 Å². The van der Waals surface area contributed by atoms with E-state index >= 15 is 0 Å². The van der Waals surface area contributed by atoms with E-state index in [0.717, 1.165) is 15.6 Å². The summed E-state index contributed by atoms with van der Waals surface area (Å²) in [5.41, 5.74) is 1.56. The summed E-state index contributed by atoms with van der Waals surface area (Å²) in [6.07, 6.45) is 0. The Balaban J connectivity index is 1.75. The van der Waals surface area contributed by atoms with E-state index in [1.807, 2.05) is 30.3 Å². The predicted molar refractivity (Wildman–Crippen MR) is 137 cm³/mol. The van der Waals surface area contributed by atoms with Crippen LogP contribution in [0.2, 0.25) is 0 Å². The molecule has 0 radical (unpaired) electrons. The third-order valence-corrected chi connectivity index (χ3v) is 6.00. The van der Waals surface area contributed by atoms with E-state index in [9.17, 15) is 14.7 Å². The number of ether oxygens (including phenoxy) is 3. The second-order valence-corrected chi connectivity index (χ2v) is 8.70. The van der Waals surface area contributed by atoms with Gasteiger partial charge in [0.05, 0.1) is 19.8 Å². The van der Waals surface area contributed by atoms with E-state index in [2.05, 4.69) is 15.9 Å². The smallest absolute Gasteiger partial charge is 0.353 e. The van der Waals surface area contributed by atoms with Gasteiger partial charge in [-0.1, -0.05) is 58.4 Å². The predicted octanol–water partition coefficient (Wildman–Crippen LogP) is 5.18. The molecule has 4 aromatic rings. The summed E-state index contributed by atoms with van der Waals surface area (Å²) >= 11 is 3.45. The van der Waals surface area contributed by atoms with Crippen molar-refractivity contribution in [3.8, 4) is 16.9 Å². The zero-order valence-corrected chi connectivity index (χ0v) is 20.7. The van der Waals surface area contributed by atoms with E-state index in [0.29, 0.717) is 35.3 Å². The number of carboxylic acid groups (broad SMARTS) is 1. The zero-order chi connectivity index (χ0) is 24.8. The molecule has 35 heavy (non-hydrogen) atoms. The molecule has 0 saturated heterocycles. The van der Waals surface area contributed by atoms with Gasteiger partial charge in [0.1, 0.15) is 11.4 Å². The SMILES string of the molecule is COCCOCOc1ccc(Cn2c(C(=O)O)c(-c3ccccc3)c3cc(Br)ccc3c2=O)cc1. The Labute approximate surface area is 210 Å². The molecule has 0 spiro atoms. The van der Waals surface area contributed by atoms with Gasteiger partial charge in [0.15, 0.2) is 6.79 Å². The van der Waals surface area contributed by atoms with Gasteiger partial charge in [-0.2, -0.15) is 0 Å². The fraction of sp³-hybridized carbons (Fsp3) is 0.185. The van der Waals surface area contributed by atoms with Crippen LogP contribution in [0.1, 0.15) is 16.1 Å². The van der Waals surface area contributed by atoms with Gasteiger partial charge in [0, 0.05) is 22.5 Å². The van der Waals surface area contributed by atoms with Crippen molar-refractivity contribution in [3.63, 3.8) is 0 Å². The molecule has 0 amide bonds. The van der Waals surface area contributed by atoms with Crippen molar-refractivity contribution in [3.05, 3.63) is 98.9 Å². The molecule has 0 atom stereocenters. The minimum Gasteiger partial charge on any atom is -0.477 e. The zero-order valence-electron chi connectivity index (χ0n) is 19.1. The Bertz CT molecular complexity index is 1380. The number of carbonyl (C=O) groups is 1. The van der Waals surface area contributed by atoms with Crippen LogP contribution in [0.3, 0.4) is 0 Å². The Morgan fingerprint density at radius 2 is 1.71 bits per heavy atom. The normalized spacial score (nSPS) is 11.0. The van der Waals surface area contributed by atoms with Crippen LogP contribution in [-0.2, 0) is 16.0 Å². The molecule has 1 aromatic heterocycles. The van der Waals surface area contributed by atoms with Crippen LogP contribution in [0, 0.1) is 0 Å². The van der Waals surface area contributed by atoms with E-state index in [-0.39, 0.29) is 24.6 Å². The highest BCUT2D eigenvalue weighted by Gasteiger charge is 2.23. The second-order valence-electron chi connectivity index (χ2n) is 7.78. The number of fused-ring (bicyclic) bond motifs is 1. The first-order valence-corrected chi connectivity index (χ1v) is 11.7. The molecule has 0 bridgehead atoms. The Morgan fingerprint density at radius 3 is 2.40 bits per heavy atom. The van der Waals surface area contributed by atoms with Gasteiger partial charge in [-0.15, -0.1) is 0 Å². The number of carboxylic acids is 1. The molecule has 8 heteroatoms. The van der Waals surface area contributed by atoms with Crippen molar-refractivity contribution < 1.29 is 24.1 Å². The lowest BCUT2D eigenvalue weighted by Crippen LogP contribution is -2.28. The minimum absolute atomic E-state index is 0.0568. The van der Waals surface area contributed by atoms with Crippen molar-refractivity contribution in [1.29, 1.82) is 0 Å². The molecule has 3 aromatic carbocycles. The Kier molecular flexibility index (Phi) is 7.97. The molecular weight excluding hydrogens is 514 g/mol. The summed E-state index contributed by atoms with van der Waals surface area (Å²) in [6.45, 7) is 1.09. The van der Waals surface area contributed by atoms with Crippen LogP contribution in [0.5, 0.6) is 5.75 Å². The average Bonchev–Trinajstić information content (AvgIpc) is 2.86. The average molecular weight is 538 g/mol. The lowest BCUT2D eigenvalue weighted by Gasteiger charge is -2.18. The fourth-order valence-corrected chi connectivity index (χ4v) is 4.24. The molecule has 0 aliphatic carbocycles. The van der Waals surface area contributed by atoms with Crippen molar-refractivity contribution >= 4 is 32.7 Å². The van der Waals surface area contributed by atoms with Gasteiger partial charge in [-0.25, -0.2) is 4.79 Å². The molecular formula is C27H24BrNO6. The third-order valence-electron chi connectivity index (χ3n) is 5.50. The number of halogens is 1. The third kappa shape index (κ3) is 5.62. The largest absolute Gasteiger partial charge is 0.477 e. The summed E-state index contributed by atoms with van der Waals surface area (Å²) in [6, 6.07) is 21.7. The van der Waals surface area contributed by atoms with Crippen LogP contribution in [0.4, 0.5) is 0 Å². The molecule has 1 N–H and O–H groups in total. The number of hydrogen-bond donors (Lipinski definition) is 1. The van der Waals surface area contributed by atoms with Gasteiger partial charge in [0.2, 0.25) is 0 Å². The number of methoxy groups -OCH3 is 1. The highest BCUT2D eigenvalue weighted by atomic mass is 79.9. The Hall–Kier alpha value is -3.46. The van der Waals surface area contributed by atoms with Crippen LogP contribution in [-0.4, -0.2) is 42.8 Å². The number of aromatic nitrogens is 1. The summed E-state index contributed by atoms with van der Waals surface area (Å²) in [7, 11) is 1.60. The first kappa shape index (κ1) is 24.7. The number of hydrogen-bond acceptors (Lipinski definition) is 5. The second kappa shape index (κ2) is 11.3. The van der Waals surface area contributed by atoms with E-state index in [4.69, 9.17) is 14.2 Å². The molecule has 180 valence electrons. The van der Waals surface area contributed by atoms with Crippen LogP contribution in [0.15, 0.2) is 82.1 Å². The summed E-state index contributed by atoms with van der Waals surface area (Å²) < 4.78 is 17.9. The van der Waals surface area contributed by atoms with Crippen LogP contribution >= 0.6 is 15.9 Å². The molecule has 7 nitrogen and oxygen atoms in total. The van der Waals surface area contributed by atoms with E-state index < -0.39 is 5.97 Å². The maximum absolute atomic E-state index is 13.5. The summed E-state index contributed by atoms with van der Waals surface area (Å²) in [5, 5.41) is 11.3. The lowest BCUT2D eigenvalue weighted by molar-refractivity contribution is -0.00847. The molecule has 0 aliphatic heterocycles.